The highest BCUT2D eigenvalue weighted by Gasteiger charge is 2.29. The van der Waals surface area contributed by atoms with Gasteiger partial charge < -0.3 is 25.2 Å². The molecule has 1 unspecified atom stereocenters. The predicted octanol–water partition coefficient (Wildman–Crippen LogP) is 1.05. The van der Waals surface area contributed by atoms with E-state index in [9.17, 15) is 25.2 Å². The number of hydrogen-bond acceptors (Lipinski definition) is 6. The molecule has 0 fully saturated rings. The van der Waals surface area contributed by atoms with E-state index in [2.05, 4.69) is 6.92 Å². The molecule has 0 aliphatic carbocycles. The SMILES string of the molecule is CCCCC(O)CCC[C@H]1OC(=O)CC[C@H](O)/C=C/[C@H](O)[C@@H]1O. The van der Waals surface area contributed by atoms with Crippen molar-refractivity contribution in [2.24, 2.45) is 0 Å². The normalized spacial score (nSPS) is 32.1. The van der Waals surface area contributed by atoms with Crippen LogP contribution in [-0.4, -0.2) is 56.9 Å². The smallest absolute Gasteiger partial charge is 0.306 e. The molecule has 0 radical (unpaired) electrons. The van der Waals surface area contributed by atoms with Gasteiger partial charge >= 0.3 is 5.97 Å². The molecule has 1 rings (SSSR count). The minimum atomic E-state index is -1.24. The van der Waals surface area contributed by atoms with E-state index in [1.807, 2.05) is 0 Å². The van der Waals surface area contributed by atoms with Crippen LogP contribution in [0.2, 0.25) is 0 Å². The van der Waals surface area contributed by atoms with E-state index >= 15 is 0 Å². The number of carbonyl (C=O) groups excluding carboxylic acids is 1. The lowest BCUT2D eigenvalue weighted by molar-refractivity contribution is -0.160. The van der Waals surface area contributed by atoms with Crippen molar-refractivity contribution in [1.29, 1.82) is 0 Å². The molecular weight excluding hydrogens is 300 g/mol. The lowest BCUT2D eigenvalue weighted by Gasteiger charge is -2.27. The first kappa shape index (κ1) is 20.1. The Hall–Kier alpha value is -0.950. The van der Waals surface area contributed by atoms with E-state index in [0.717, 1.165) is 19.3 Å². The van der Waals surface area contributed by atoms with Crippen LogP contribution in [0, 0.1) is 0 Å². The highest BCUT2D eigenvalue weighted by Crippen LogP contribution is 2.18. The molecule has 6 nitrogen and oxygen atoms in total. The maximum absolute atomic E-state index is 11.7. The van der Waals surface area contributed by atoms with Gasteiger partial charge in [-0.25, -0.2) is 0 Å². The second-order valence-electron chi connectivity index (χ2n) is 6.23. The third-order valence-corrected chi connectivity index (χ3v) is 4.11. The summed E-state index contributed by atoms with van der Waals surface area (Å²) in [5.41, 5.74) is 0. The van der Waals surface area contributed by atoms with Crippen molar-refractivity contribution in [3.63, 3.8) is 0 Å². The maximum Gasteiger partial charge on any atom is 0.306 e. The highest BCUT2D eigenvalue weighted by atomic mass is 16.6. The van der Waals surface area contributed by atoms with E-state index in [4.69, 9.17) is 4.74 Å². The van der Waals surface area contributed by atoms with Crippen LogP contribution in [0.25, 0.3) is 0 Å². The number of esters is 1. The monoisotopic (exact) mass is 330 g/mol. The van der Waals surface area contributed by atoms with Crippen molar-refractivity contribution in [1.82, 2.24) is 0 Å². The third-order valence-electron chi connectivity index (χ3n) is 4.11. The summed E-state index contributed by atoms with van der Waals surface area (Å²) >= 11 is 0. The van der Waals surface area contributed by atoms with Crippen molar-refractivity contribution in [3.8, 4) is 0 Å². The Labute approximate surface area is 137 Å². The number of carbonyl (C=O) groups is 1. The number of unbranched alkanes of at least 4 members (excludes halogenated alkanes) is 1. The Bertz CT molecular complexity index is 370. The van der Waals surface area contributed by atoms with Crippen molar-refractivity contribution in [2.75, 3.05) is 0 Å². The molecule has 0 saturated heterocycles. The molecule has 0 aromatic heterocycles. The third kappa shape index (κ3) is 7.92. The summed E-state index contributed by atoms with van der Waals surface area (Å²) in [7, 11) is 0. The Balaban J connectivity index is 2.55. The van der Waals surface area contributed by atoms with Crippen LogP contribution in [0.15, 0.2) is 12.2 Å². The van der Waals surface area contributed by atoms with Gasteiger partial charge in [-0.15, -0.1) is 0 Å². The molecule has 0 bridgehead atoms. The zero-order valence-corrected chi connectivity index (χ0v) is 13.8. The first-order valence-corrected chi connectivity index (χ1v) is 8.54. The van der Waals surface area contributed by atoms with Crippen LogP contribution in [-0.2, 0) is 9.53 Å². The second kappa shape index (κ2) is 10.8. The molecule has 0 amide bonds. The van der Waals surface area contributed by atoms with Gasteiger partial charge in [0, 0.05) is 6.42 Å². The van der Waals surface area contributed by atoms with Gasteiger partial charge in [0.15, 0.2) is 0 Å². The molecule has 23 heavy (non-hydrogen) atoms. The lowest BCUT2D eigenvalue weighted by Crippen LogP contribution is -2.40. The molecule has 0 aromatic rings. The summed E-state index contributed by atoms with van der Waals surface area (Å²) in [5, 5.41) is 39.5. The number of ether oxygens (including phenoxy) is 1. The van der Waals surface area contributed by atoms with Crippen LogP contribution < -0.4 is 0 Å². The number of hydrogen-bond donors (Lipinski definition) is 4. The van der Waals surface area contributed by atoms with E-state index in [-0.39, 0.29) is 18.9 Å². The Morgan fingerprint density at radius 1 is 1.22 bits per heavy atom. The number of cyclic esters (lactones) is 1. The highest BCUT2D eigenvalue weighted by molar-refractivity contribution is 5.69. The Morgan fingerprint density at radius 3 is 2.61 bits per heavy atom. The predicted molar refractivity (Wildman–Crippen MR) is 85.7 cm³/mol. The summed E-state index contributed by atoms with van der Waals surface area (Å²) in [6.45, 7) is 2.06. The number of aliphatic hydroxyl groups excluding tert-OH is 4. The molecule has 0 saturated carbocycles. The molecular formula is C17H30O6. The summed E-state index contributed by atoms with van der Waals surface area (Å²) < 4.78 is 5.25. The van der Waals surface area contributed by atoms with E-state index in [1.165, 1.54) is 12.2 Å². The van der Waals surface area contributed by atoms with Gasteiger partial charge in [0.05, 0.1) is 12.2 Å². The minimum absolute atomic E-state index is 0.0595. The molecule has 6 heteroatoms. The summed E-state index contributed by atoms with van der Waals surface area (Å²) in [6.07, 6.45) is 2.81. The summed E-state index contributed by atoms with van der Waals surface area (Å²) in [5.74, 6) is -0.498. The topological polar surface area (TPSA) is 107 Å². The van der Waals surface area contributed by atoms with Crippen molar-refractivity contribution >= 4 is 5.97 Å². The molecule has 4 N–H and O–H groups in total. The molecule has 1 aliphatic rings. The second-order valence-corrected chi connectivity index (χ2v) is 6.23. The number of rotatable bonds is 7. The van der Waals surface area contributed by atoms with Crippen molar-refractivity contribution < 1.29 is 30.0 Å². The van der Waals surface area contributed by atoms with Gasteiger partial charge in [-0.2, -0.15) is 0 Å². The first-order chi connectivity index (χ1) is 10.9. The first-order valence-electron chi connectivity index (χ1n) is 8.54. The maximum atomic E-state index is 11.7. The molecule has 5 atom stereocenters. The fraction of sp³-hybridized carbons (Fsp3) is 0.824. The van der Waals surface area contributed by atoms with Crippen molar-refractivity contribution in [3.05, 3.63) is 12.2 Å². The van der Waals surface area contributed by atoms with Crippen molar-refractivity contribution in [2.45, 2.75) is 88.8 Å². The molecule has 0 aromatic carbocycles. The van der Waals surface area contributed by atoms with E-state index in [0.29, 0.717) is 19.3 Å². The van der Waals surface area contributed by atoms with Crippen LogP contribution in [0.3, 0.4) is 0 Å². The van der Waals surface area contributed by atoms with Crippen LogP contribution in [0.1, 0.15) is 58.3 Å². The van der Waals surface area contributed by atoms with Gasteiger partial charge in [-0.05, 0) is 32.1 Å². The molecule has 0 spiro atoms. The van der Waals surface area contributed by atoms with Crippen LogP contribution in [0.5, 0.6) is 0 Å². The quantitative estimate of drug-likeness (QED) is 0.411. The molecule has 1 heterocycles. The van der Waals surface area contributed by atoms with E-state index < -0.39 is 30.4 Å². The standard InChI is InChI=1S/C17H30O6/c1-2-3-5-12(18)6-4-7-15-17(22)14(20)10-8-13(19)9-11-16(21)23-15/h8,10,12-15,17-20,22H,2-7,9,11H2,1H3/b10-8+/t12?,13-,14+,15-,17+/m1/s1. The average Bonchev–Trinajstić information content (AvgIpc) is 2.53. The molecule has 134 valence electrons. The Morgan fingerprint density at radius 2 is 1.91 bits per heavy atom. The van der Waals surface area contributed by atoms with Gasteiger partial charge in [0.1, 0.15) is 18.3 Å². The number of aliphatic hydroxyl groups is 4. The fourth-order valence-corrected chi connectivity index (χ4v) is 2.60. The van der Waals surface area contributed by atoms with Crippen LogP contribution in [0.4, 0.5) is 0 Å². The van der Waals surface area contributed by atoms with Gasteiger partial charge in [-0.3, -0.25) is 4.79 Å². The van der Waals surface area contributed by atoms with Gasteiger partial charge in [0.2, 0.25) is 0 Å². The Kier molecular flexibility index (Phi) is 9.40. The average molecular weight is 330 g/mol. The zero-order chi connectivity index (χ0) is 17.2. The lowest BCUT2D eigenvalue weighted by atomic mass is 9.98. The van der Waals surface area contributed by atoms with Crippen LogP contribution >= 0.6 is 0 Å². The fourth-order valence-electron chi connectivity index (χ4n) is 2.60. The largest absolute Gasteiger partial charge is 0.459 e. The van der Waals surface area contributed by atoms with Gasteiger partial charge in [-0.1, -0.05) is 31.9 Å². The van der Waals surface area contributed by atoms with E-state index in [1.54, 1.807) is 0 Å². The van der Waals surface area contributed by atoms with Gasteiger partial charge in [0.25, 0.3) is 0 Å². The summed E-state index contributed by atoms with van der Waals surface area (Å²) in [4.78, 5) is 11.7. The zero-order valence-electron chi connectivity index (χ0n) is 13.8. The summed E-state index contributed by atoms with van der Waals surface area (Å²) in [6, 6.07) is 0. The minimum Gasteiger partial charge on any atom is -0.459 e. The molecule has 1 aliphatic heterocycles.